The summed E-state index contributed by atoms with van der Waals surface area (Å²) in [6, 6.07) is 37.2. The topological polar surface area (TPSA) is 43.6 Å². The first-order valence-electron chi connectivity index (χ1n) is 21.1. The summed E-state index contributed by atoms with van der Waals surface area (Å²) in [7, 11) is 0. The van der Waals surface area contributed by atoms with E-state index in [1.807, 2.05) is 48.6 Å². The fourth-order valence-electron chi connectivity index (χ4n) is 7.86. The molecule has 0 N–H and O–H groups in total. The average Bonchev–Trinajstić information content (AvgIpc) is 3.56. The zero-order chi connectivity index (χ0) is 43.7. The van der Waals surface area contributed by atoms with E-state index in [2.05, 4.69) is 172 Å². The van der Waals surface area contributed by atoms with Crippen LogP contribution in [-0.2, 0) is 16.2 Å². The molecular formula is C57H58N4. The second-order valence-electron chi connectivity index (χ2n) is 18.8. The highest BCUT2D eigenvalue weighted by Gasteiger charge is 2.29. The molecule has 4 nitrogen and oxygen atoms in total. The van der Waals surface area contributed by atoms with Gasteiger partial charge in [-0.15, -0.1) is 0 Å². The van der Waals surface area contributed by atoms with Crippen LogP contribution in [0.4, 0.5) is 0 Å². The molecule has 0 aliphatic rings. The third-order valence-corrected chi connectivity index (χ3v) is 11.2. The lowest BCUT2D eigenvalue weighted by Crippen LogP contribution is -2.18. The fraction of sp³-hybridized carbons (Fsp3) is 0.211. The summed E-state index contributed by atoms with van der Waals surface area (Å²) in [5.41, 5.74) is 12.8. The summed E-state index contributed by atoms with van der Waals surface area (Å²) in [6.07, 6.45) is 15.4. The van der Waals surface area contributed by atoms with Crippen molar-refractivity contribution >= 4 is 33.5 Å². The number of benzene rings is 5. The van der Waals surface area contributed by atoms with E-state index in [-0.39, 0.29) is 16.2 Å². The van der Waals surface area contributed by atoms with Crippen LogP contribution in [0.5, 0.6) is 0 Å². The van der Waals surface area contributed by atoms with E-state index in [0.29, 0.717) is 17.5 Å². The maximum absolute atomic E-state index is 5.17. The van der Waals surface area contributed by atoms with E-state index >= 15 is 0 Å². The number of hydrogen-bond acceptors (Lipinski definition) is 3. The quantitative estimate of drug-likeness (QED) is 0.129. The van der Waals surface area contributed by atoms with Crippen LogP contribution in [-0.4, -0.2) is 19.5 Å². The molecule has 306 valence electrons. The Morgan fingerprint density at radius 2 is 1.18 bits per heavy atom. The average molecular weight is 799 g/mol. The zero-order valence-electron chi connectivity index (χ0n) is 37.3. The summed E-state index contributed by atoms with van der Waals surface area (Å²) in [4.78, 5) is 15.3. The standard InChI is InChI=1S/C57H58N4/c1-13-16-17-20-30-41-33-42(54-59-52(38(15-3)25-14-2)58-53(60-54)40-28-23-19-24-29-40)34-45(39-26-21-18-22-27-39)50(41)61-49-32-31-43(55(4,5)6)35-46(49)47-36-44(56(7,8)9)37-48(51(47)61)57(10,11)12/h13-37H,1-3H2,4-12H3/b17-16-,30-20+,38-25+. The van der Waals surface area contributed by atoms with Crippen molar-refractivity contribution in [1.82, 2.24) is 19.5 Å². The molecule has 5 aromatic carbocycles. The van der Waals surface area contributed by atoms with Crippen LogP contribution >= 0.6 is 0 Å². The van der Waals surface area contributed by atoms with Crippen molar-refractivity contribution in [2.45, 2.75) is 78.6 Å². The minimum Gasteiger partial charge on any atom is -0.308 e. The van der Waals surface area contributed by atoms with E-state index in [1.165, 1.54) is 33.0 Å². The molecule has 0 radical (unpaired) electrons. The second-order valence-corrected chi connectivity index (χ2v) is 18.8. The Balaban J connectivity index is 1.69. The van der Waals surface area contributed by atoms with Crippen LogP contribution in [0.2, 0.25) is 0 Å². The summed E-state index contributed by atoms with van der Waals surface area (Å²) >= 11 is 0. The molecule has 2 heterocycles. The van der Waals surface area contributed by atoms with Crippen LogP contribution in [0, 0.1) is 0 Å². The van der Waals surface area contributed by atoms with E-state index < -0.39 is 0 Å². The Labute approximate surface area is 363 Å². The van der Waals surface area contributed by atoms with Crippen LogP contribution in [0.25, 0.3) is 73.0 Å². The van der Waals surface area contributed by atoms with Crippen molar-refractivity contribution in [1.29, 1.82) is 0 Å². The van der Waals surface area contributed by atoms with E-state index in [1.54, 1.807) is 18.2 Å². The van der Waals surface area contributed by atoms with Crippen LogP contribution in [0.1, 0.15) is 90.4 Å². The lowest BCUT2D eigenvalue weighted by Gasteiger charge is -2.28. The van der Waals surface area contributed by atoms with Crippen molar-refractivity contribution in [2.75, 3.05) is 0 Å². The first kappa shape index (κ1) is 42.5. The lowest BCUT2D eigenvalue weighted by molar-refractivity contribution is 0.572. The Morgan fingerprint density at radius 1 is 0.557 bits per heavy atom. The Morgan fingerprint density at radius 3 is 1.77 bits per heavy atom. The first-order valence-corrected chi connectivity index (χ1v) is 21.1. The minimum atomic E-state index is -0.176. The zero-order valence-corrected chi connectivity index (χ0v) is 37.3. The molecule has 0 fully saturated rings. The van der Waals surface area contributed by atoms with E-state index in [4.69, 9.17) is 15.0 Å². The molecule has 0 aliphatic carbocycles. The van der Waals surface area contributed by atoms with Gasteiger partial charge in [-0.2, -0.15) is 0 Å². The second kappa shape index (κ2) is 16.8. The molecule has 0 atom stereocenters. The monoisotopic (exact) mass is 798 g/mol. The summed E-state index contributed by atoms with van der Waals surface area (Å²) in [6.45, 7) is 32.8. The maximum atomic E-state index is 5.17. The number of rotatable bonds is 10. The Kier molecular flexibility index (Phi) is 11.7. The molecule has 0 saturated carbocycles. The number of aromatic nitrogens is 4. The van der Waals surface area contributed by atoms with Crippen molar-refractivity contribution < 1.29 is 0 Å². The van der Waals surface area contributed by atoms with Gasteiger partial charge in [0.1, 0.15) is 0 Å². The third-order valence-electron chi connectivity index (χ3n) is 11.2. The Bertz CT molecular complexity index is 2880. The van der Waals surface area contributed by atoms with Crippen molar-refractivity contribution in [2.24, 2.45) is 0 Å². The maximum Gasteiger partial charge on any atom is 0.164 e. The molecule has 0 aliphatic heterocycles. The molecular weight excluding hydrogens is 741 g/mol. The van der Waals surface area contributed by atoms with Gasteiger partial charge in [0.05, 0.1) is 16.7 Å². The molecule has 0 unspecified atom stereocenters. The summed E-state index contributed by atoms with van der Waals surface area (Å²) in [5.74, 6) is 1.66. The SMILES string of the molecule is C=C/C=C\C=C\c1cc(-c2nc(/C(C=C)=C/C=C)nc(-c3ccccc3)n2)cc(-c2ccccc2)c1-n1c2ccc(C(C)(C)C)cc2c2cc(C(C)(C)C)cc(C(C)(C)C)c21. The van der Waals surface area contributed by atoms with Gasteiger partial charge >= 0.3 is 0 Å². The van der Waals surface area contributed by atoms with Gasteiger partial charge in [-0.1, -0.05) is 203 Å². The van der Waals surface area contributed by atoms with Crippen molar-refractivity contribution in [3.8, 4) is 39.6 Å². The molecule has 0 spiro atoms. The minimum absolute atomic E-state index is 0.0341. The Hall–Kier alpha value is -6.65. The van der Waals surface area contributed by atoms with Gasteiger partial charge in [0.15, 0.2) is 17.5 Å². The molecule has 2 aromatic heterocycles. The highest BCUT2D eigenvalue weighted by molar-refractivity contribution is 6.12. The molecule has 0 saturated heterocycles. The van der Waals surface area contributed by atoms with Crippen molar-refractivity contribution in [3.05, 3.63) is 193 Å². The van der Waals surface area contributed by atoms with Gasteiger partial charge < -0.3 is 4.57 Å². The van der Waals surface area contributed by atoms with Crippen LogP contribution in [0.15, 0.2) is 165 Å². The van der Waals surface area contributed by atoms with Gasteiger partial charge in [0, 0.05) is 33.0 Å². The van der Waals surface area contributed by atoms with Crippen LogP contribution in [0.3, 0.4) is 0 Å². The fourth-order valence-corrected chi connectivity index (χ4v) is 7.86. The number of nitrogens with zero attached hydrogens (tertiary/aromatic N) is 4. The van der Waals surface area contributed by atoms with Gasteiger partial charge in [0.2, 0.25) is 0 Å². The lowest BCUT2D eigenvalue weighted by atomic mass is 9.79. The third kappa shape index (κ3) is 8.67. The highest BCUT2D eigenvalue weighted by Crippen LogP contribution is 2.46. The number of hydrogen-bond donors (Lipinski definition) is 0. The van der Waals surface area contributed by atoms with Gasteiger partial charge in [-0.05, 0) is 74.4 Å². The molecule has 4 heteroatoms. The summed E-state index contributed by atoms with van der Waals surface area (Å²) < 4.78 is 2.53. The predicted molar refractivity (Wildman–Crippen MR) is 263 cm³/mol. The first-order chi connectivity index (χ1) is 29.0. The normalized spacial score (nSPS) is 12.8. The largest absolute Gasteiger partial charge is 0.308 e. The molecule has 7 aromatic rings. The van der Waals surface area contributed by atoms with E-state index in [0.717, 1.165) is 44.6 Å². The number of allylic oxidation sites excluding steroid dienone is 8. The van der Waals surface area contributed by atoms with Crippen LogP contribution < -0.4 is 0 Å². The summed E-state index contributed by atoms with van der Waals surface area (Å²) in [5, 5.41) is 2.49. The highest BCUT2D eigenvalue weighted by atomic mass is 15.0. The van der Waals surface area contributed by atoms with E-state index in [9.17, 15) is 0 Å². The predicted octanol–water partition coefficient (Wildman–Crippen LogP) is 15.4. The molecule has 0 bridgehead atoms. The molecule has 0 amide bonds. The molecule has 7 rings (SSSR count). The molecule has 61 heavy (non-hydrogen) atoms. The number of fused-ring (bicyclic) bond motifs is 3. The van der Waals surface area contributed by atoms with Gasteiger partial charge in [-0.3, -0.25) is 0 Å². The van der Waals surface area contributed by atoms with Gasteiger partial charge in [0.25, 0.3) is 0 Å². The van der Waals surface area contributed by atoms with Gasteiger partial charge in [-0.25, -0.2) is 15.0 Å². The smallest absolute Gasteiger partial charge is 0.164 e. The van der Waals surface area contributed by atoms with Crippen molar-refractivity contribution in [3.63, 3.8) is 0 Å².